The Hall–Kier alpha value is -3.01. The number of hydrogen-bond acceptors (Lipinski definition) is 7. The standard InChI is InChI=1S/C18H20N6O3S/c1-11(15(26)20-17-23-19-10-28-17)24-9-8-18(7-6-14(24)25)21-13-5-3-2-4-12(13)16(27)22-18/h2-5,10-11,21H,6-9H2,1H3,(H,22,27)(H,20,23,26)/t11-,18-/m0/s1. The van der Waals surface area contributed by atoms with Crippen LogP contribution in [-0.4, -0.2) is 51.1 Å². The van der Waals surface area contributed by atoms with Crippen LogP contribution in [0.3, 0.4) is 0 Å². The number of likely N-dealkylation sites (tertiary alicyclic amines) is 1. The van der Waals surface area contributed by atoms with Crippen LogP contribution in [0.25, 0.3) is 0 Å². The largest absolute Gasteiger partial charge is 0.362 e. The van der Waals surface area contributed by atoms with E-state index in [2.05, 4.69) is 26.1 Å². The van der Waals surface area contributed by atoms with Gasteiger partial charge in [-0.05, 0) is 25.5 Å². The summed E-state index contributed by atoms with van der Waals surface area (Å²) in [6.45, 7) is 2.04. The molecule has 9 nitrogen and oxygen atoms in total. The molecule has 3 heterocycles. The Bertz CT molecular complexity index is 918. The van der Waals surface area contributed by atoms with Gasteiger partial charge in [0.2, 0.25) is 16.9 Å². The second-order valence-corrected chi connectivity index (χ2v) is 7.79. The monoisotopic (exact) mass is 400 g/mol. The molecule has 3 amide bonds. The molecule has 1 aromatic carbocycles. The number of amides is 3. The van der Waals surface area contributed by atoms with Crippen LogP contribution in [0.2, 0.25) is 0 Å². The van der Waals surface area contributed by atoms with Crippen molar-refractivity contribution in [2.45, 2.75) is 37.9 Å². The van der Waals surface area contributed by atoms with Crippen molar-refractivity contribution in [3.8, 4) is 0 Å². The van der Waals surface area contributed by atoms with Crippen molar-refractivity contribution in [2.24, 2.45) is 0 Å². The van der Waals surface area contributed by atoms with Gasteiger partial charge in [-0.2, -0.15) is 0 Å². The SMILES string of the molecule is C[C@@H](C(=O)Nc1nncs1)N1CC[C@]2(CCC1=O)NC(=O)c1ccccc1N2. The Morgan fingerprint density at radius 1 is 1.29 bits per heavy atom. The number of aromatic nitrogens is 2. The summed E-state index contributed by atoms with van der Waals surface area (Å²) in [6, 6.07) is 6.65. The maximum absolute atomic E-state index is 12.7. The van der Waals surface area contributed by atoms with Crippen molar-refractivity contribution >= 4 is 39.9 Å². The van der Waals surface area contributed by atoms with Gasteiger partial charge in [0.05, 0.1) is 5.56 Å². The van der Waals surface area contributed by atoms with Gasteiger partial charge in [0, 0.05) is 25.1 Å². The number of hydrogen-bond donors (Lipinski definition) is 3. The van der Waals surface area contributed by atoms with E-state index in [-0.39, 0.29) is 24.1 Å². The van der Waals surface area contributed by atoms with Crippen LogP contribution >= 0.6 is 11.3 Å². The fraction of sp³-hybridized carbons (Fsp3) is 0.389. The summed E-state index contributed by atoms with van der Waals surface area (Å²) in [5.74, 6) is -0.587. The third kappa shape index (κ3) is 3.42. The van der Waals surface area contributed by atoms with Crippen LogP contribution in [0.4, 0.5) is 10.8 Å². The topological polar surface area (TPSA) is 116 Å². The van der Waals surface area contributed by atoms with Gasteiger partial charge in [-0.15, -0.1) is 10.2 Å². The molecule has 1 fully saturated rings. The van der Waals surface area contributed by atoms with Gasteiger partial charge in [-0.1, -0.05) is 23.5 Å². The molecule has 146 valence electrons. The first-order valence-electron chi connectivity index (χ1n) is 9.04. The Kier molecular flexibility index (Phi) is 4.71. The zero-order valence-corrected chi connectivity index (χ0v) is 16.1. The first-order valence-corrected chi connectivity index (χ1v) is 9.92. The minimum absolute atomic E-state index is 0.119. The molecule has 1 aromatic heterocycles. The van der Waals surface area contributed by atoms with E-state index < -0.39 is 11.7 Å². The van der Waals surface area contributed by atoms with Crippen LogP contribution in [0, 0.1) is 0 Å². The summed E-state index contributed by atoms with van der Waals surface area (Å²) < 4.78 is 0. The highest BCUT2D eigenvalue weighted by Crippen LogP contribution is 2.32. The maximum atomic E-state index is 12.7. The molecule has 2 atom stereocenters. The summed E-state index contributed by atoms with van der Waals surface area (Å²) in [4.78, 5) is 39.3. The number of rotatable bonds is 3. The van der Waals surface area contributed by atoms with Crippen molar-refractivity contribution in [1.29, 1.82) is 0 Å². The number of fused-ring (bicyclic) bond motifs is 1. The summed E-state index contributed by atoms with van der Waals surface area (Å²) >= 11 is 1.22. The van der Waals surface area contributed by atoms with Crippen LogP contribution < -0.4 is 16.0 Å². The predicted octanol–water partition coefficient (Wildman–Crippen LogP) is 1.43. The average Bonchev–Trinajstić information content (AvgIpc) is 3.14. The molecule has 2 aliphatic rings. The third-order valence-corrected chi connectivity index (χ3v) is 5.81. The van der Waals surface area contributed by atoms with Gasteiger partial charge in [-0.25, -0.2) is 0 Å². The summed E-state index contributed by atoms with van der Waals surface area (Å²) in [5.41, 5.74) is 2.17. The Morgan fingerprint density at radius 3 is 2.89 bits per heavy atom. The predicted molar refractivity (Wildman–Crippen MR) is 104 cm³/mol. The Morgan fingerprint density at radius 2 is 2.11 bits per heavy atom. The number of para-hydroxylation sites is 1. The lowest BCUT2D eigenvalue weighted by atomic mass is 9.95. The number of nitrogens with one attached hydrogen (secondary N) is 3. The molecule has 4 rings (SSSR count). The zero-order chi connectivity index (χ0) is 19.7. The summed E-state index contributed by atoms with van der Waals surface area (Å²) in [7, 11) is 0. The van der Waals surface area contributed by atoms with E-state index in [1.54, 1.807) is 17.9 Å². The van der Waals surface area contributed by atoms with E-state index in [1.807, 2.05) is 18.2 Å². The van der Waals surface area contributed by atoms with E-state index >= 15 is 0 Å². The van der Waals surface area contributed by atoms with Gasteiger partial charge < -0.3 is 15.5 Å². The molecular formula is C18H20N6O3S. The fourth-order valence-corrected chi connectivity index (χ4v) is 4.08. The van der Waals surface area contributed by atoms with Crippen LogP contribution in [0.5, 0.6) is 0 Å². The second kappa shape index (κ2) is 7.19. The van der Waals surface area contributed by atoms with Gasteiger partial charge in [0.25, 0.3) is 5.91 Å². The van der Waals surface area contributed by atoms with Crippen molar-refractivity contribution < 1.29 is 14.4 Å². The minimum Gasteiger partial charge on any atom is -0.362 e. The van der Waals surface area contributed by atoms with E-state index in [0.29, 0.717) is 30.1 Å². The lowest BCUT2D eigenvalue weighted by Crippen LogP contribution is -2.58. The molecule has 0 saturated carbocycles. The van der Waals surface area contributed by atoms with E-state index in [4.69, 9.17) is 0 Å². The lowest BCUT2D eigenvalue weighted by Gasteiger charge is -2.40. The maximum Gasteiger partial charge on any atom is 0.255 e. The Balaban J connectivity index is 1.49. The first kappa shape index (κ1) is 18.4. The normalized spacial score (nSPS) is 22.7. The van der Waals surface area contributed by atoms with Gasteiger partial charge >= 0.3 is 0 Å². The number of nitrogens with zero attached hydrogens (tertiary/aromatic N) is 3. The lowest BCUT2D eigenvalue weighted by molar-refractivity contribution is -0.137. The molecule has 0 radical (unpaired) electrons. The number of carbonyl (C=O) groups is 3. The second-order valence-electron chi connectivity index (χ2n) is 6.95. The Labute approximate surface area is 165 Å². The molecule has 3 N–H and O–H groups in total. The molecular weight excluding hydrogens is 380 g/mol. The molecule has 2 aromatic rings. The number of anilines is 2. The summed E-state index contributed by atoms with van der Waals surface area (Å²) in [6.07, 6.45) is 1.17. The quantitative estimate of drug-likeness (QED) is 0.718. The van der Waals surface area contributed by atoms with E-state index in [0.717, 1.165) is 5.69 Å². The molecule has 1 spiro atoms. The highest BCUT2D eigenvalue weighted by Gasteiger charge is 2.41. The minimum atomic E-state index is -0.703. The van der Waals surface area contributed by atoms with Crippen molar-refractivity contribution in [1.82, 2.24) is 20.4 Å². The first-order chi connectivity index (χ1) is 13.5. The van der Waals surface area contributed by atoms with Gasteiger partial charge in [0.1, 0.15) is 17.2 Å². The van der Waals surface area contributed by atoms with Crippen LogP contribution in [-0.2, 0) is 9.59 Å². The van der Waals surface area contributed by atoms with E-state index in [1.165, 1.54) is 16.8 Å². The molecule has 0 unspecified atom stereocenters. The van der Waals surface area contributed by atoms with Crippen molar-refractivity contribution in [2.75, 3.05) is 17.2 Å². The number of carbonyl (C=O) groups excluding carboxylic acids is 3. The number of benzene rings is 1. The van der Waals surface area contributed by atoms with Crippen molar-refractivity contribution in [3.63, 3.8) is 0 Å². The highest BCUT2D eigenvalue weighted by molar-refractivity contribution is 7.13. The van der Waals surface area contributed by atoms with Gasteiger partial charge in [0.15, 0.2) is 0 Å². The average molecular weight is 400 g/mol. The molecule has 28 heavy (non-hydrogen) atoms. The van der Waals surface area contributed by atoms with Gasteiger partial charge in [-0.3, -0.25) is 19.7 Å². The molecule has 0 bridgehead atoms. The molecule has 1 saturated heterocycles. The van der Waals surface area contributed by atoms with E-state index in [9.17, 15) is 14.4 Å². The van der Waals surface area contributed by atoms with Crippen molar-refractivity contribution in [3.05, 3.63) is 35.3 Å². The van der Waals surface area contributed by atoms with Crippen LogP contribution in [0.15, 0.2) is 29.8 Å². The smallest absolute Gasteiger partial charge is 0.255 e. The van der Waals surface area contributed by atoms with Crippen LogP contribution in [0.1, 0.15) is 36.5 Å². The molecule has 0 aliphatic carbocycles. The summed E-state index contributed by atoms with van der Waals surface area (Å²) in [5, 5.41) is 17.0. The zero-order valence-electron chi connectivity index (χ0n) is 15.3. The molecule has 2 aliphatic heterocycles. The molecule has 10 heteroatoms. The third-order valence-electron chi connectivity index (χ3n) is 5.20. The highest BCUT2D eigenvalue weighted by atomic mass is 32.1. The fourth-order valence-electron chi connectivity index (χ4n) is 3.63.